The molecular formula is C40H52F4N4O4S2. The van der Waals surface area contributed by atoms with Crippen molar-refractivity contribution in [1.29, 1.82) is 0 Å². The van der Waals surface area contributed by atoms with Crippen LogP contribution in [0, 0.1) is 35.1 Å². The maximum atomic E-state index is 14.7. The van der Waals surface area contributed by atoms with Crippen molar-refractivity contribution in [2.24, 2.45) is 21.8 Å². The summed E-state index contributed by atoms with van der Waals surface area (Å²) in [5.74, 6) is -2.78. The van der Waals surface area contributed by atoms with E-state index in [1.165, 1.54) is 35.7 Å². The lowest BCUT2D eigenvalue weighted by Gasteiger charge is -2.45. The molecule has 2 aromatic rings. The van der Waals surface area contributed by atoms with Crippen molar-refractivity contribution >= 4 is 56.9 Å². The molecule has 0 saturated heterocycles. The van der Waals surface area contributed by atoms with E-state index in [1.807, 2.05) is 41.5 Å². The lowest BCUT2D eigenvalue weighted by atomic mass is 9.69. The standard InChI is InChI=1S/2C20H26F2N2O2S/c2*1-19(2,3)26-17(25)10-16-24-20(7-5-4-6-12(20)11-27-16)14-8-13(23)9-15(21)18(14)22/h2*8-9,12H,4-7,10-11,23H2,1-3H3/t2*12-,20-/m00/s1. The summed E-state index contributed by atoms with van der Waals surface area (Å²) in [4.78, 5) is 34.1. The number of nitrogens with zero attached hydrogens (tertiary/aromatic N) is 2. The number of hydrogen-bond acceptors (Lipinski definition) is 10. The number of fused-ring (bicyclic) bond motifs is 2. The van der Waals surface area contributed by atoms with Crippen LogP contribution in [0.3, 0.4) is 0 Å². The monoisotopic (exact) mass is 792 g/mol. The third-order valence-electron chi connectivity index (χ3n) is 10.1. The summed E-state index contributed by atoms with van der Waals surface area (Å²) in [5, 5.41) is 1.23. The molecule has 0 aromatic heterocycles. The van der Waals surface area contributed by atoms with Crippen LogP contribution in [0.4, 0.5) is 28.9 Å². The molecule has 8 nitrogen and oxygen atoms in total. The number of aliphatic imine (C=N–C) groups is 2. The first kappa shape index (κ1) is 41.9. The molecule has 296 valence electrons. The van der Waals surface area contributed by atoms with Crippen molar-refractivity contribution in [3.63, 3.8) is 0 Å². The minimum absolute atomic E-state index is 0.0445. The Balaban J connectivity index is 0.000000208. The van der Waals surface area contributed by atoms with E-state index in [9.17, 15) is 27.2 Å². The zero-order valence-corrected chi connectivity index (χ0v) is 33.6. The van der Waals surface area contributed by atoms with E-state index in [0.717, 1.165) is 62.2 Å². The summed E-state index contributed by atoms with van der Waals surface area (Å²) >= 11 is 3.02. The molecule has 0 amide bonds. The van der Waals surface area contributed by atoms with Gasteiger partial charge in [-0.2, -0.15) is 0 Å². The van der Waals surface area contributed by atoms with Crippen LogP contribution in [0.25, 0.3) is 0 Å². The van der Waals surface area contributed by atoms with E-state index in [1.54, 1.807) is 0 Å². The predicted octanol–water partition coefficient (Wildman–Crippen LogP) is 9.62. The molecule has 6 rings (SSSR count). The van der Waals surface area contributed by atoms with Gasteiger partial charge in [-0.05, 0) is 103 Å². The molecule has 2 aliphatic heterocycles. The topological polar surface area (TPSA) is 129 Å². The summed E-state index contributed by atoms with van der Waals surface area (Å²) in [7, 11) is 0. The largest absolute Gasteiger partial charge is 0.460 e. The number of halogens is 4. The quantitative estimate of drug-likeness (QED) is 0.168. The molecule has 4 N–H and O–H groups in total. The summed E-state index contributed by atoms with van der Waals surface area (Å²) in [6.07, 6.45) is 6.95. The van der Waals surface area contributed by atoms with Crippen molar-refractivity contribution < 1.29 is 36.6 Å². The molecular weight excluding hydrogens is 741 g/mol. The average Bonchev–Trinajstić information content (AvgIpc) is 3.06. The normalized spacial score (nSPS) is 25.5. The molecule has 4 atom stereocenters. The van der Waals surface area contributed by atoms with Gasteiger partial charge in [0.1, 0.15) is 11.2 Å². The number of esters is 2. The van der Waals surface area contributed by atoms with Gasteiger partial charge < -0.3 is 20.9 Å². The fourth-order valence-corrected chi connectivity index (χ4v) is 10.5. The lowest BCUT2D eigenvalue weighted by Crippen LogP contribution is -2.42. The van der Waals surface area contributed by atoms with Crippen molar-refractivity contribution in [3.05, 3.63) is 58.7 Å². The van der Waals surface area contributed by atoms with Crippen LogP contribution in [-0.4, -0.2) is 44.7 Å². The molecule has 2 aliphatic carbocycles. The van der Waals surface area contributed by atoms with Crippen molar-refractivity contribution in [3.8, 4) is 0 Å². The van der Waals surface area contributed by atoms with Crippen molar-refractivity contribution in [2.75, 3.05) is 23.0 Å². The SMILES string of the molecule is CC(C)(C)OC(=O)CC1=N[C@@]2(c3cc(N)cc(F)c3F)CCCC[C@H]2CS1.CC(C)(C)OC(=O)CC1=N[C@@]2(c3cc(N)cc(F)c3F)CCCC[C@H]2CS1. The number of carbonyl (C=O) groups excluding carboxylic acids is 2. The summed E-state index contributed by atoms with van der Waals surface area (Å²) in [6, 6.07) is 5.00. The van der Waals surface area contributed by atoms with E-state index in [-0.39, 0.29) is 59.1 Å². The minimum Gasteiger partial charge on any atom is -0.460 e. The van der Waals surface area contributed by atoms with E-state index in [4.69, 9.17) is 30.9 Å². The molecule has 2 aromatic carbocycles. The fraction of sp³-hybridized carbons (Fsp3) is 0.600. The van der Waals surface area contributed by atoms with E-state index >= 15 is 0 Å². The van der Waals surface area contributed by atoms with Crippen LogP contribution >= 0.6 is 23.5 Å². The van der Waals surface area contributed by atoms with Gasteiger partial charge in [-0.1, -0.05) is 25.7 Å². The molecule has 0 spiro atoms. The number of thioether (sulfide) groups is 2. The number of anilines is 2. The Kier molecular flexibility index (Phi) is 12.8. The molecule has 54 heavy (non-hydrogen) atoms. The van der Waals surface area contributed by atoms with E-state index < -0.39 is 45.5 Å². The Morgan fingerprint density at radius 3 is 1.41 bits per heavy atom. The van der Waals surface area contributed by atoms with Crippen molar-refractivity contribution in [1.82, 2.24) is 0 Å². The van der Waals surface area contributed by atoms with Crippen molar-refractivity contribution in [2.45, 2.75) is 128 Å². The number of ether oxygens (including phenoxy) is 2. The maximum absolute atomic E-state index is 14.7. The summed E-state index contributed by atoms with van der Waals surface area (Å²) < 4.78 is 68.4. The predicted molar refractivity (Wildman–Crippen MR) is 210 cm³/mol. The first-order chi connectivity index (χ1) is 25.2. The molecule has 2 heterocycles. The number of carbonyl (C=O) groups is 2. The van der Waals surface area contributed by atoms with Crippen LogP contribution in [0.2, 0.25) is 0 Å². The first-order valence-electron chi connectivity index (χ1n) is 18.6. The highest BCUT2D eigenvalue weighted by atomic mass is 32.2. The molecule has 0 radical (unpaired) electrons. The Hall–Kier alpha value is -3.26. The number of hydrogen-bond donors (Lipinski definition) is 2. The van der Waals surface area contributed by atoms with Gasteiger partial charge in [-0.15, -0.1) is 23.5 Å². The van der Waals surface area contributed by atoms with Crippen LogP contribution in [0.15, 0.2) is 34.3 Å². The second kappa shape index (κ2) is 16.5. The zero-order valence-electron chi connectivity index (χ0n) is 32.0. The van der Waals surface area contributed by atoms with Crippen LogP contribution in [0.5, 0.6) is 0 Å². The van der Waals surface area contributed by atoms with Crippen LogP contribution in [-0.2, 0) is 30.1 Å². The highest BCUT2D eigenvalue weighted by molar-refractivity contribution is 8.14. The van der Waals surface area contributed by atoms with Gasteiger partial charge in [0, 0.05) is 34.0 Å². The molecule has 2 fully saturated rings. The number of benzene rings is 2. The van der Waals surface area contributed by atoms with Gasteiger partial charge in [0.05, 0.1) is 34.0 Å². The Morgan fingerprint density at radius 1 is 0.685 bits per heavy atom. The highest BCUT2D eigenvalue weighted by Crippen LogP contribution is 2.52. The van der Waals surface area contributed by atoms with E-state index in [0.29, 0.717) is 22.9 Å². The molecule has 14 heteroatoms. The maximum Gasteiger partial charge on any atom is 0.312 e. The third kappa shape index (κ3) is 9.75. The third-order valence-corrected chi connectivity index (χ3v) is 12.4. The Bertz CT molecular complexity index is 1680. The minimum atomic E-state index is -0.953. The fourth-order valence-electron chi connectivity index (χ4n) is 7.96. The van der Waals surface area contributed by atoms with Gasteiger partial charge in [0.2, 0.25) is 0 Å². The average molecular weight is 793 g/mol. The number of nitrogens with two attached hydrogens (primary N) is 2. The second-order valence-electron chi connectivity index (χ2n) is 16.6. The van der Waals surface area contributed by atoms with Gasteiger partial charge in [0.15, 0.2) is 23.3 Å². The van der Waals surface area contributed by atoms with Gasteiger partial charge in [-0.25, -0.2) is 17.6 Å². The molecule has 4 aliphatic rings. The first-order valence-corrected chi connectivity index (χ1v) is 20.6. The number of rotatable bonds is 6. The zero-order chi connectivity index (χ0) is 39.6. The molecule has 2 saturated carbocycles. The summed E-state index contributed by atoms with van der Waals surface area (Å²) in [5.41, 5.74) is 9.53. The number of nitrogen functional groups attached to an aromatic ring is 2. The van der Waals surface area contributed by atoms with E-state index in [2.05, 4.69) is 0 Å². The summed E-state index contributed by atoms with van der Waals surface area (Å²) in [6.45, 7) is 10.9. The van der Waals surface area contributed by atoms with Crippen LogP contribution < -0.4 is 11.5 Å². The highest BCUT2D eigenvalue weighted by Gasteiger charge is 2.48. The smallest absolute Gasteiger partial charge is 0.312 e. The second-order valence-corrected chi connectivity index (χ2v) is 18.8. The Labute approximate surface area is 324 Å². The Morgan fingerprint density at radius 2 is 1.06 bits per heavy atom. The van der Waals surface area contributed by atoms with Gasteiger partial charge >= 0.3 is 11.9 Å². The van der Waals surface area contributed by atoms with Gasteiger partial charge in [0.25, 0.3) is 0 Å². The molecule has 0 bridgehead atoms. The van der Waals surface area contributed by atoms with Crippen LogP contribution in [0.1, 0.15) is 117 Å². The molecule has 0 unspecified atom stereocenters. The van der Waals surface area contributed by atoms with Gasteiger partial charge in [-0.3, -0.25) is 19.6 Å². The lowest BCUT2D eigenvalue weighted by molar-refractivity contribution is -0.154.